The van der Waals surface area contributed by atoms with Gasteiger partial charge >= 0.3 is 0 Å². The monoisotopic (exact) mass is 349 g/mol. The van der Waals surface area contributed by atoms with E-state index in [2.05, 4.69) is 41.7 Å². The molecule has 0 amide bonds. The van der Waals surface area contributed by atoms with Crippen molar-refractivity contribution in [3.8, 4) is 5.75 Å². The number of aromatic hydroxyl groups is 1. The molecule has 0 spiro atoms. The van der Waals surface area contributed by atoms with Crippen LogP contribution in [0.3, 0.4) is 0 Å². The summed E-state index contributed by atoms with van der Waals surface area (Å²) in [7, 11) is 0. The molecular formula is C20H19N3OS. The lowest BCUT2D eigenvalue weighted by atomic mass is 10.1. The standard InChI is InChI=1S/C20H19N3OS/c1-13-3-6-15(7-4-13)25-16-8-9-18(17(21)12-16)22-23-19-11-14(2)5-10-20(19)24/h3-12,21,23-24H,1-2H3/b21-17?,22-18-. The van der Waals surface area contributed by atoms with Gasteiger partial charge in [-0.05, 0) is 61.9 Å². The van der Waals surface area contributed by atoms with E-state index in [1.807, 2.05) is 25.1 Å². The number of rotatable bonds is 4. The zero-order valence-electron chi connectivity index (χ0n) is 14.1. The molecule has 3 rings (SSSR count). The molecule has 1 aliphatic carbocycles. The van der Waals surface area contributed by atoms with Crippen molar-refractivity contribution in [1.82, 2.24) is 0 Å². The summed E-state index contributed by atoms with van der Waals surface area (Å²) in [5.74, 6) is 0.132. The zero-order chi connectivity index (χ0) is 17.8. The van der Waals surface area contributed by atoms with Crippen LogP contribution in [0.15, 0.2) is 75.6 Å². The van der Waals surface area contributed by atoms with Crippen molar-refractivity contribution in [2.75, 3.05) is 5.43 Å². The first kappa shape index (κ1) is 17.0. The summed E-state index contributed by atoms with van der Waals surface area (Å²) < 4.78 is 0. The molecule has 3 N–H and O–H groups in total. The fraction of sp³-hybridized carbons (Fsp3) is 0.100. The molecule has 0 fully saturated rings. The summed E-state index contributed by atoms with van der Waals surface area (Å²) in [4.78, 5) is 2.13. The molecule has 0 unspecified atom stereocenters. The molecule has 1 aliphatic rings. The number of phenolic OH excluding ortho intramolecular Hbond substituents is 1. The molecule has 0 aromatic heterocycles. The second-order valence-corrected chi connectivity index (χ2v) is 6.99. The summed E-state index contributed by atoms with van der Waals surface area (Å²) in [5, 5.41) is 22.2. The van der Waals surface area contributed by atoms with E-state index in [1.54, 1.807) is 30.0 Å². The minimum atomic E-state index is 0.132. The molecule has 2 aromatic rings. The highest BCUT2D eigenvalue weighted by molar-refractivity contribution is 8.03. The minimum Gasteiger partial charge on any atom is -0.506 e. The van der Waals surface area contributed by atoms with Crippen molar-refractivity contribution in [3.05, 3.63) is 76.7 Å². The molecule has 0 bridgehead atoms. The Bertz CT molecular complexity index is 896. The van der Waals surface area contributed by atoms with Gasteiger partial charge in [0.25, 0.3) is 0 Å². The lowest BCUT2D eigenvalue weighted by Gasteiger charge is -2.11. The number of allylic oxidation sites excluding steroid dienone is 3. The van der Waals surface area contributed by atoms with Crippen molar-refractivity contribution in [2.24, 2.45) is 5.10 Å². The van der Waals surface area contributed by atoms with E-state index < -0.39 is 0 Å². The quantitative estimate of drug-likeness (QED) is 0.411. The molecule has 0 radical (unpaired) electrons. The van der Waals surface area contributed by atoms with E-state index in [4.69, 9.17) is 5.41 Å². The van der Waals surface area contributed by atoms with Crippen LogP contribution in [-0.2, 0) is 0 Å². The number of aryl methyl sites for hydroxylation is 2. The average Bonchev–Trinajstić information content (AvgIpc) is 2.59. The summed E-state index contributed by atoms with van der Waals surface area (Å²) in [5.41, 5.74) is 6.46. The SMILES string of the molecule is Cc1ccc(SC2=CC(=N)/C(=N\Nc3cc(C)ccc3O)C=C2)cc1. The van der Waals surface area contributed by atoms with Gasteiger partial charge in [-0.15, -0.1) is 0 Å². The lowest BCUT2D eigenvalue weighted by Crippen LogP contribution is -2.13. The van der Waals surface area contributed by atoms with E-state index in [9.17, 15) is 5.11 Å². The fourth-order valence-corrected chi connectivity index (χ4v) is 3.14. The van der Waals surface area contributed by atoms with E-state index >= 15 is 0 Å². The van der Waals surface area contributed by atoms with E-state index in [-0.39, 0.29) is 5.75 Å². The summed E-state index contributed by atoms with van der Waals surface area (Å²) in [6.07, 6.45) is 5.54. The Morgan fingerprint density at radius 2 is 1.72 bits per heavy atom. The van der Waals surface area contributed by atoms with Crippen LogP contribution in [0.4, 0.5) is 5.69 Å². The Morgan fingerprint density at radius 3 is 2.44 bits per heavy atom. The lowest BCUT2D eigenvalue weighted by molar-refractivity contribution is 0.477. The van der Waals surface area contributed by atoms with Gasteiger partial charge in [0.2, 0.25) is 0 Å². The zero-order valence-corrected chi connectivity index (χ0v) is 14.9. The number of hydrazone groups is 1. The number of nitrogens with zero attached hydrogens (tertiary/aromatic N) is 1. The number of benzene rings is 2. The number of hydrogen-bond acceptors (Lipinski definition) is 5. The first-order valence-electron chi connectivity index (χ1n) is 7.88. The van der Waals surface area contributed by atoms with Crippen molar-refractivity contribution < 1.29 is 5.11 Å². The molecule has 5 heteroatoms. The van der Waals surface area contributed by atoms with Crippen LogP contribution in [0.5, 0.6) is 5.75 Å². The first-order valence-corrected chi connectivity index (χ1v) is 8.69. The predicted molar refractivity (Wildman–Crippen MR) is 106 cm³/mol. The molecule has 0 aliphatic heterocycles. The van der Waals surface area contributed by atoms with Gasteiger partial charge in [0.05, 0.1) is 11.4 Å². The van der Waals surface area contributed by atoms with Crippen molar-refractivity contribution in [3.63, 3.8) is 0 Å². The largest absolute Gasteiger partial charge is 0.506 e. The van der Waals surface area contributed by atoms with Crippen LogP contribution in [0.2, 0.25) is 0 Å². The number of phenols is 1. The third-order valence-corrected chi connectivity index (χ3v) is 4.67. The molecular weight excluding hydrogens is 330 g/mol. The second-order valence-electron chi connectivity index (χ2n) is 5.84. The number of thioether (sulfide) groups is 1. The Kier molecular flexibility index (Phi) is 5.05. The topological polar surface area (TPSA) is 68.5 Å². The van der Waals surface area contributed by atoms with Gasteiger partial charge in [-0.3, -0.25) is 10.8 Å². The molecule has 25 heavy (non-hydrogen) atoms. The number of nitrogens with one attached hydrogen (secondary N) is 2. The van der Waals surface area contributed by atoms with E-state index in [0.717, 1.165) is 15.4 Å². The maximum absolute atomic E-state index is 9.84. The number of hydrogen-bond donors (Lipinski definition) is 3. The Labute approximate surface area is 151 Å². The Balaban J connectivity index is 1.69. The van der Waals surface area contributed by atoms with Crippen LogP contribution in [0.25, 0.3) is 0 Å². The highest BCUT2D eigenvalue weighted by Gasteiger charge is 2.10. The summed E-state index contributed by atoms with van der Waals surface area (Å²) in [6.45, 7) is 4.00. The van der Waals surface area contributed by atoms with E-state index in [0.29, 0.717) is 17.1 Å². The maximum Gasteiger partial charge on any atom is 0.140 e. The van der Waals surface area contributed by atoms with Gasteiger partial charge < -0.3 is 5.11 Å². The molecule has 0 heterocycles. The van der Waals surface area contributed by atoms with Gasteiger partial charge in [0.15, 0.2) is 0 Å². The fourth-order valence-electron chi connectivity index (χ4n) is 2.28. The van der Waals surface area contributed by atoms with Crippen molar-refractivity contribution in [2.45, 2.75) is 18.7 Å². The molecule has 0 saturated carbocycles. The van der Waals surface area contributed by atoms with Crippen molar-refractivity contribution >= 4 is 28.9 Å². The second kappa shape index (κ2) is 7.40. The summed E-state index contributed by atoms with van der Waals surface area (Å²) in [6, 6.07) is 13.6. The predicted octanol–water partition coefficient (Wildman–Crippen LogP) is 5.04. The third kappa shape index (κ3) is 4.39. The third-order valence-electron chi connectivity index (χ3n) is 3.67. The summed E-state index contributed by atoms with van der Waals surface area (Å²) >= 11 is 1.62. The van der Waals surface area contributed by atoms with Gasteiger partial charge in [-0.1, -0.05) is 35.5 Å². The Morgan fingerprint density at radius 1 is 1.00 bits per heavy atom. The smallest absolute Gasteiger partial charge is 0.140 e. The van der Waals surface area contributed by atoms with E-state index in [1.165, 1.54) is 5.56 Å². The van der Waals surface area contributed by atoms with Crippen LogP contribution in [0.1, 0.15) is 11.1 Å². The molecule has 4 nitrogen and oxygen atoms in total. The number of anilines is 1. The molecule has 0 saturated heterocycles. The minimum absolute atomic E-state index is 0.132. The highest BCUT2D eigenvalue weighted by atomic mass is 32.2. The normalized spacial score (nSPS) is 15.4. The molecule has 126 valence electrons. The van der Waals surface area contributed by atoms with Crippen LogP contribution in [0, 0.1) is 19.3 Å². The van der Waals surface area contributed by atoms with Gasteiger partial charge in [-0.25, -0.2) is 0 Å². The van der Waals surface area contributed by atoms with Gasteiger partial charge in [0, 0.05) is 9.80 Å². The van der Waals surface area contributed by atoms with Gasteiger partial charge in [-0.2, -0.15) is 5.10 Å². The van der Waals surface area contributed by atoms with Crippen LogP contribution >= 0.6 is 11.8 Å². The van der Waals surface area contributed by atoms with Crippen LogP contribution < -0.4 is 5.43 Å². The van der Waals surface area contributed by atoms with Crippen LogP contribution in [-0.4, -0.2) is 16.5 Å². The molecule has 0 atom stereocenters. The maximum atomic E-state index is 9.84. The highest BCUT2D eigenvalue weighted by Crippen LogP contribution is 2.29. The Hall–Kier alpha value is -2.79. The molecule has 2 aromatic carbocycles. The average molecular weight is 349 g/mol. The first-order chi connectivity index (χ1) is 12.0. The van der Waals surface area contributed by atoms with Gasteiger partial charge in [0.1, 0.15) is 11.5 Å². The van der Waals surface area contributed by atoms with Crippen molar-refractivity contribution in [1.29, 1.82) is 5.41 Å².